The molecule has 6 rings (SSSR count). The van der Waals surface area contributed by atoms with Crippen molar-refractivity contribution in [1.82, 2.24) is 5.32 Å². The summed E-state index contributed by atoms with van der Waals surface area (Å²) in [6, 6.07) is 29.7. The van der Waals surface area contributed by atoms with Crippen LogP contribution in [0.15, 0.2) is 112 Å². The third kappa shape index (κ3) is 7.89. The molecule has 3 N–H and O–H groups in total. The number of nitrogens with one attached hydrogen (secondary N) is 3. The number of nitrogens with zero attached hydrogens (tertiary/aromatic N) is 1. The molecule has 1 unspecified atom stereocenters. The van der Waals surface area contributed by atoms with Gasteiger partial charge in [0.15, 0.2) is 0 Å². The van der Waals surface area contributed by atoms with E-state index < -0.39 is 17.1 Å². The second-order valence-electron chi connectivity index (χ2n) is 10.8. The molecule has 0 aliphatic heterocycles. The maximum absolute atomic E-state index is 13.9. The van der Waals surface area contributed by atoms with Crippen LogP contribution in [-0.4, -0.2) is 17.7 Å². The van der Waals surface area contributed by atoms with Gasteiger partial charge in [-0.05, 0) is 95.6 Å². The van der Waals surface area contributed by atoms with E-state index in [4.69, 9.17) is 0 Å². The lowest BCUT2D eigenvalue weighted by atomic mass is 9.96. The van der Waals surface area contributed by atoms with Gasteiger partial charge in [0.05, 0.1) is 5.56 Å². The molecule has 1 aliphatic carbocycles. The fourth-order valence-electron chi connectivity index (χ4n) is 5.30. The van der Waals surface area contributed by atoms with Gasteiger partial charge in [0.2, 0.25) is 5.91 Å². The van der Waals surface area contributed by atoms with Crippen LogP contribution in [-0.2, 0) is 22.4 Å². The predicted molar refractivity (Wildman–Crippen MR) is 191 cm³/mol. The van der Waals surface area contributed by atoms with Gasteiger partial charge >= 0.3 is 0 Å². The molecule has 0 radical (unpaired) electrons. The molecule has 2 heterocycles. The van der Waals surface area contributed by atoms with E-state index in [-0.39, 0.29) is 11.6 Å². The minimum absolute atomic E-state index is 0.101. The highest BCUT2D eigenvalue weighted by Crippen LogP contribution is 2.41. The van der Waals surface area contributed by atoms with Crippen LogP contribution in [0.5, 0.6) is 0 Å². The van der Waals surface area contributed by atoms with E-state index in [0.717, 1.165) is 47.3 Å². The highest BCUT2D eigenvalue weighted by atomic mass is 32.2. The van der Waals surface area contributed by atoms with Gasteiger partial charge in [0.1, 0.15) is 22.0 Å². The van der Waals surface area contributed by atoms with Gasteiger partial charge in [-0.1, -0.05) is 54.6 Å². The van der Waals surface area contributed by atoms with E-state index in [0.29, 0.717) is 21.8 Å². The zero-order valence-electron chi connectivity index (χ0n) is 25.2. The molecule has 10 heteroatoms. The molecular weight excluding hydrogens is 645 g/mol. The lowest BCUT2D eigenvalue weighted by Crippen LogP contribution is -2.30. The molecule has 0 saturated carbocycles. The minimum atomic E-state index is -0.618. The van der Waals surface area contributed by atoms with E-state index in [1.54, 1.807) is 42.5 Å². The number of nitriles is 1. The Morgan fingerprint density at radius 2 is 1.66 bits per heavy atom. The number of aryl methyl sites for hydroxylation is 1. The normalized spacial score (nSPS) is 13.1. The number of thiophene rings is 2. The first kappa shape index (κ1) is 32.0. The summed E-state index contributed by atoms with van der Waals surface area (Å²) in [6.07, 6.45) is 5.57. The smallest absolute Gasteiger partial charge is 0.272 e. The number of carbonyl (C=O) groups excluding carboxylic acids is 3. The van der Waals surface area contributed by atoms with E-state index >= 15 is 0 Å². The van der Waals surface area contributed by atoms with Crippen LogP contribution in [0.25, 0.3) is 6.08 Å². The SMILES string of the molecule is N#Cc1c(NC(=O)C(Sc2cccc(NC(=O)/C(=C/c3ccsc3)NC(=O)c3ccccc3)c2)c2ccccc2)sc2c1CCCC2. The van der Waals surface area contributed by atoms with E-state index in [2.05, 4.69) is 22.0 Å². The quantitative estimate of drug-likeness (QED) is 0.102. The minimum Gasteiger partial charge on any atom is -0.321 e. The third-order valence-electron chi connectivity index (χ3n) is 7.59. The molecule has 1 aliphatic rings. The van der Waals surface area contributed by atoms with Crippen LogP contribution < -0.4 is 16.0 Å². The molecule has 3 amide bonds. The summed E-state index contributed by atoms with van der Waals surface area (Å²) < 4.78 is 0. The number of thioether (sulfide) groups is 1. The van der Waals surface area contributed by atoms with Crippen molar-refractivity contribution in [1.29, 1.82) is 5.26 Å². The molecule has 47 heavy (non-hydrogen) atoms. The third-order valence-corrected chi connectivity index (χ3v) is 10.7. The molecule has 0 spiro atoms. The summed E-state index contributed by atoms with van der Waals surface area (Å²) in [6.45, 7) is 0. The summed E-state index contributed by atoms with van der Waals surface area (Å²) in [5, 5.41) is 22.4. The van der Waals surface area contributed by atoms with E-state index in [1.165, 1.54) is 39.3 Å². The van der Waals surface area contributed by atoms with Crippen molar-refractivity contribution in [2.75, 3.05) is 10.6 Å². The van der Waals surface area contributed by atoms with Crippen LogP contribution in [0.1, 0.15) is 55.6 Å². The Hall–Kier alpha value is -4.95. The highest BCUT2D eigenvalue weighted by molar-refractivity contribution is 8.00. The molecule has 0 bridgehead atoms. The predicted octanol–water partition coefficient (Wildman–Crippen LogP) is 8.44. The van der Waals surface area contributed by atoms with Gasteiger partial charge in [-0.3, -0.25) is 14.4 Å². The number of rotatable bonds is 10. The average Bonchev–Trinajstić information content (AvgIpc) is 3.75. The summed E-state index contributed by atoms with van der Waals surface area (Å²) in [5.41, 5.74) is 4.29. The van der Waals surface area contributed by atoms with Crippen molar-refractivity contribution in [2.24, 2.45) is 0 Å². The Balaban J connectivity index is 1.22. The summed E-state index contributed by atoms with van der Waals surface area (Å²) in [4.78, 5) is 42.3. The monoisotopic (exact) mass is 674 g/mol. The van der Waals surface area contributed by atoms with Crippen molar-refractivity contribution in [3.63, 3.8) is 0 Å². The fraction of sp³-hybridized carbons (Fsp3) is 0.135. The fourth-order valence-corrected chi connectivity index (χ4v) is 8.24. The van der Waals surface area contributed by atoms with Gasteiger partial charge in [-0.2, -0.15) is 16.6 Å². The lowest BCUT2D eigenvalue weighted by Gasteiger charge is -2.17. The highest BCUT2D eigenvalue weighted by Gasteiger charge is 2.27. The largest absolute Gasteiger partial charge is 0.321 e. The first-order valence-electron chi connectivity index (χ1n) is 15.1. The number of hydrogen-bond acceptors (Lipinski definition) is 7. The van der Waals surface area contributed by atoms with Crippen LogP contribution in [0.2, 0.25) is 0 Å². The second kappa shape index (κ2) is 15.1. The van der Waals surface area contributed by atoms with Gasteiger partial charge in [0, 0.05) is 21.0 Å². The Morgan fingerprint density at radius 1 is 0.894 bits per heavy atom. The van der Waals surface area contributed by atoms with Crippen molar-refractivity contribution < 1.29 is 14.4 Å². The van der Waals surface area contributed by atoms with Gasteiger partial charge in [-0.15, -0.1) is 23.1 Å². The average molecular weight is 675 g/mol. The number of benzene rings is 3. The number of amides is 3. The molecule has 5 aromatic rings. The first-order valence-corrected chi connectivity index (χ1v) is 17.7. The standard InChI is InChI=1S/C37H30N4O3S3/c38-22-30-29-16-7-8-17-32(29)47-37(30)41-36(44)33(25-10-3-1-4-11-25)46-28-15-9-14-27(21-28)39-35(43)31(20-24-18-19-45-23-24)40-34(42)26-12-5-2-6-13-26/h1-6,9-15,18-21,23,33H,7-8,16-17H2,(H,39,43)(H,40,42)(H,41,44)/b31-20-. The molecule has 7 nitrogen and oxygen atoms in total. The maximum Gasteiger partial charge on any atom is 0.272 e. The zero-order valence-corrected chi connectivity index (χ0v) is 27.6. The van der Waals surface area contributed by atoms with Crippen LogP contribution in [0.4, 0.5) is 10.7 Å². The molecule has 2 aromatic heterocycles. The topological polar surface area (TPSA) is 111 Å². The Labute approximate surface area is 285 Å². The van der Waals surface area contributed by atoms with Gasteiger partial charge in [-0.25, -0.2) is 0 Å². The number of anilines is 2. The Bertz CT molecular complexity index is 1960. The lowest BCUT2D eigenvalue weighted by molar-refractivity contribution is -0.116. The first-order chi connectivity index (χ1) is 23.0. The summed E-state index contributed by atoms with van der Waals surface area (Å²) >= 11 is 4.35. The number of carbonyl (C=O) groups is 3. The van der Waals surface area contributed by atoms with Crippen LogP contribution >= 0.6 is 34.4 Å². The molecule has 234 valence electrons. The molecule has 0 fully saturated rings. The summed E-state index contributed by atoms with van der Waals surface area (Å²) in [7, 11) is 0. The van der Waals surface area contributed by atoms with Crippen molar-refractivity contribution in [2.45, 2.75) is 35.8 Å². The number of hydrogen-bond donors (Lipinski definition) is 3. The van der Waals surface area contributed by atoms with Crippen LogP contribution in [0, 0.1) is 11.3 Å². The molecule has 1 atom stereocenters. The van der Waals surface area contributed by atoms with E-state index in [9.17, 15) is 19.6 Å². The molecule has 0 saturated heterocycles. The second-order valence-corrected chi connectivity index (χ2v) is 13.9. The zero-order chi connectivity index (χ0) is 32.6. The van der Waals surface area contributed by atoms with Gasteiger partial charge in [0.25, 0.3) is 11.8 Å². The van der Waals surface area contributed by atoms with Gasteiger partial charge < -0.3 is 16.0 Å². The van der Waals surface area contributed by atoms with Crippen molar-refractivity contribution in [3.8, 4) is 6.07 Å². The van der Waals surface area contributed by atoms with Crippen molar-refractivity contribution >= 4 is 68.9 Å². The van der Waals surface area contributed by atoms with Crippen molar-refractivity contribution in [3.05, 3.63) is 140 Å². The maximum atomic E-state index is 13.9. The van der Waals surface area contributed by atoms with Crippen LogP contribution in [0.3, 0.4) is 0 Å². The summed E-state index contributed by atoms with van der Waals surface area (Å²) in [5.74, 6) is -1.10. The molecular formula is C37H30N4O3S3. The number of fused-ring (bicyclic) bond motifs is 1. The Morgan fingerprint density at radius 3 is 2.40 bits per heavy atom. The van der Waals surface area contributed by atoms with E-state index in [1.807, 2.05) is 65.4 Å². The molecule has 3 aromatic carbocycles. The Kier molecular flexibility index (Phi) is 10.3.